The zero-order valence-electron chi connectivity index (χ0n) is 18.7. The fourth-order valence-electron chi connectivity index (χ4n) is 4.33. The molecule has 0 radical (unpaired) electrons. The van der Waals surface area contributed by atoms with E-state index in [2.05, 4.69) is 41.0 Å². The lowest BCUT2D eigenvalue weighted by Crippen LogP contribution is -2.44. The highest BCUT2D eigenvalue weighted by molar-refractivity contribution is 5.86. The lowest BCUT2D eigenvalue weighted by atomic mass is 9.84. The molecule has 1 aromatic heterocycles. The molecule has 1 saturated heterocycles. The molecule has 33 heavy (non-hydrogen) atoms. The second-order valence-corrected chi connectivity index (χ2v) is 8.45. The van der Waals surface area contributed by atoms with E-state index in [1.807, 2.05) is 12.1 Å². The quantitative estimate of drug-likeness (QED) is 0.484. The molecule has 1 fully saturated rings. The summed E-state index contributed by atoms with van der Waals surface area (Å²) >= 11 is 0. The van der Waals surface area contributed by atoms with Gasteiger partial charge in [-0.1, -0.05) is 42.5 Å². The molecule has 3 aromatic rings. The lowest BCUT2D eigenvalue weighted by molar-refractivity contribution is -0.123. The Balaban J connectivity index is 1.35. The molecule has 0 bridgehead atoms. The van der Waals surface area contributed by atoms with Gasteiger partial charge in [0, 0.05) is 18.4 Å². The van der Waals surface area contributed by atoms with Gasteiger partial charge >= 0.3 is 5.97 Å². The fraction of sp³-hybridized carbons (Fsp3) is 0.346. The molecule has 1 atom stereocenters. The molecule has 2 heterocycles. The molecule has 4 rings (SSSR count). The first-order valence-corrected chi connectivity index (χ1v) is 11.3. The van der Waals surface area contributed by atoms with Crippen LogP contribution in [0.3, 0.4) is 0 Å². The Kier molecular flexibility index (Phi) is 6.77. The van der Waals surface area contributed by atoms with Gasteiger partial charge in [-0.25, -0.2) is 4.79 Å². The van der Waals surface area contributed by atoms with Gasteiger partial charge in [-0.15, -0.1) is 0 Å². The minimum Gasteiger partial charge on any atom is -0.460 e. The third kappa shape index (κ3) is 5.61. The average molecular weight is 449 g/mol. The summed E-state index contributed by atoms with van der Waals surface area (Å²) in [5.74, 6) is -0.0420. The third-order valence-corrected chi connectivity index (χ3v) is 6.02. The van der Waals surface area contributed by atoms with Crippen LogP contribution < -0.4 is 10.6 Å². The second-order valence-electron chi connectivity index (χ2n) is 8.45. The van der Waals surface area contributed by atoms with Gasteiger partial charge in [0.2, 0.25) is 17.6 Å². The number of benzene rings is 2. The van der Waals surface area contributed by atoms with Crippen molar-refractivity contribution in [3.63, 3.8) is 0 Å². The molecular weight excluding hydrogens is 420 g/mol. The smallest absolute Gasteiger partial charge is 0.374 e. The van der Waals surface area contributed by atoms with Crippen LogP contribution in [-0.2, 0) is 27.3 Å². The van der Waals surface area contributed by atoms with Crippen LogP contribution in [0.2, 0.25) is 0 Å². The molecule has 7 heteroatoms. The van der Waals surface area contributed by atoms with Crippen LogP contribution in [0.1, 0.15) is 54.5 Å². The zero-order chi connectivity index (χ0) is 23.3. The molecule has 0 aliphatic carbocycles. The van der Waals surface area contributed by atoms with Gasteiger partial charge in [-0.2, -0.15) is 0 Å². The van der Waals surface area contributed by atoms with E-state index in [4.69, 9.17) is 9.15 Å². The van der Waals surface area contributed by atoms with Crippen LogP contribution in [0.4, 0.5) is 0 Å². The zero-order valence-corrected chi connectivity index (χ0v) is 18.7. The Morgan fingerprint density at radius 2 is 1.94 bits per heavy atom. The maximum atomic E-state index is 12.5. The predicted octanol–water partition coefficient (Wildman–Crippen LogP) is 3.90. The first-order chi connectivity index (χ1) is 16.0. The number of nitrogens with one attached hydrogen (secondary N) is 2. The standard InChI is InChI=1S/C26H28N2O5/c1-2-32-25(31)22-10-9-21(33-22)17-27-23(29)11-13-26(14-12-24(30)28-26)16-18-7-8-19-5-3-4-6-20(19)15-18/h3-10,15H,2,11-14,16-17H2,1H3,(H,27,29)(H,28,30)/t26-/m1/s1. The first kappa shape index (κ1) is 22.6. The van der Waals surface area contributed by atoms with E-state index in [1.54, 1.807) is 13.0 Å². The van der Waals surface area contributed by atoms with Gasteiger partial charge in [-0.3, -0.25) is 9.59 Å². The van der Waals surface area contributed by atoms with Crippen molar-refractivity contribution < 1.29 is 23.5 Å². The Morgan fingerprint density at radius 1 is 1.12 bits per heavy atom. The molecule has 2 aromatic carbocycles. The number of amides is 2. The third-order valence-electron chi connectivity index (χ3n) is 6.02. The summed E-state index contributed by atoms with van der Waals surface area (Å²) in [6.07, 6.45) is 2.67. The van der Waals surface area contributed by atoms with E-state index in [0.29, 0.717) is 31.4 Å². The maximum Gasteiger partial charge on any atom is 0.374 e. The number of carbonyl (C=O) groups is 3. The number of rotatable bonds is 9. The fourth-order valence-corrected chi connectivity index (χ4v) is 4.33. The number of esters is 1. The van der Waals surface area contributed by atoms with E-state index < -0.39 is 11.5 Å². The molecule has 0 unspecified atom stereocenters. The van der Waals surface area contributed by atoms with Crippen LogP contribution in [-0.4, -0.2) is 29.9 Å². The summed E-state index contributed by atoms with van der Waals surface area (Å²) in [5, 5.41) is 8.29. The van der Waals surface area contributed by atoms with Crippen molar-refractivity contribution in [2.45, 2.75) is 51.1 Å². The highest BCUT2D eigenvalue weighted by Crippen LogP contribution is 2.30. The molecule has 1 aliphatic heterocycles. The summed E-state index contributed by atoms with van der Waals surface area (Å²) in [5.41, 5.74) is 0.705. The maximum absolute atomic E-state index is 12.5. The van der Waals surface area contributed by atoms with Gasteiger partial charge in [0.15, 0.2) is 0 Å². The van der Waals surface area contributed by atoms with E-state index in [0.717, 1.165) is 10.9 Å². The van der Waals surface area contributed by atoms with E-state index in [1.165, 1.54) is 11.5 Å². The van der Waals surface area contributed by atoms with Crippen molar-refractivity contribution in [2.24, 2.45) is 0 Å². The molecule has 2 amide bonds. The van der Waals surface area contributed by atoms with Crippen molar-refractivity contribution in [1.82, 2.24) is 10.6 Å². The Bertz CT molecular complexity index is 1170. The molecule has 172 valence electrons. The minimum absolute atomic E-state index is 0.0262. The Hall–Kier alpha value is -3.61. The summed E-state index contributed by atoms with van der Waals surface area (Å²) < 4.78 is 10.3. The van der Waals surface area contributed by atoms with Gasteiger partial charge in [0.1, 0.15) is 5.76 Å². The highest BCUT2D eigenvalue weighted by atomic mass is 16.5. The number of hydrogen-bond donors (Lipinski definition) is 2. The Morgan fingerprint density at radius 3 is 2.70 bits per heavy atom. The van der Waals surface area contributed by atoms with Crippen molar-refractivity contribution in [3.8, 4) is 0 Å². The lowest BCUT2D eigenvalue weighted by Gasteiger charge is -2.29. The van der Waals surface area contributed by atoms with Gasteiger partial charge in [0.25, 0.3) is 0 Å². The van der Waals surface area contributed by atoms with E-state index in [9.17, 15) is 14.4 Å². The SMILES string of the molecule is CCOC(=O)c1ccc(CNC(=O)CC[C@]2(Cc3ccc4ccccc4c3)CCC(=O)N2)o1. The van der Waals surface area contributed by atoms with Gasteiger partial charge in [-0.05, 0) is 54.7 Å². The molecule has 0 saturated carbocycles. The largest absolute Gasteiger partial charge is 0.460 e. The van der Waals surface area contributed by atoms with Crippen molar-refractivity contribution >= 4 is 28.6 Å². The minimum atomic E-state index is -0.525. The summed E-state index contributed by atoms with van der Waals surface area (Å²) in [6.45, 7) is 2.17. The number of fused-ring (bicyclic) bond motifs is 1. The molecular formula is C26H28N2O5. The van der Waals surface area contributed by atoms with Gasteiger partial charge < -0.3 is 19.8 Å². The topological polar surface area (TPSA) is 97.6 Å². The van der Waals surface area contributed by atoms with Crippen LogP contribution in [0, 0.1) is 0 Å². The van der Waals surface area contributed by atoms with Gasteiger partial charge in [0.05, 0.1) is 13.2 Å². The van der Waals surface area contributed by atoms with Crippen LogP contribution in [0.5, 0.6) is 0 Å². The average Bonchev–Trinajstić information content (AvgIpc) is 3.43. The van der Waals surface area contributed by atoms with Crippen LogP contribution in [0.15, 0.2) is 59.0 Å². The molecule has 7 nitrogen and oxygen atoms in total. The summed E-state index contributed by atoms with van der Waals surface area (Å²) in [4.78, 5) is 36.3. The number of furan rings is 1. The van der Waals surface area contributed by atoms with E-state index in [-0.39, 0.29) is 37.1 Å². The first-order valence-electron chi connectivity index (χ1n) is 11.3. The number of hydrogen-bond acceptors (Lipinski definition) is 5. The van der Waals surface area contributed by atoms with Crippen LogP contribution in [0.25, 0.3) is 10.8 Å². The van der Waals surface area contributed by atoms with Crippen molar-refractivity contribution in [1.29, 1.82) is 0 Å². The number of ether oxygens (including phenoxy) is 1. The number of carbonyl (C=O) groups excluding carboxylic acids is 3. The van der Waals surface area contributed by atoms with Crippen molar-refractivity contribution in [2.75, 3.05) is 6.61 Å². The predicted molar refractivity (Wildman–Crippen MR) is 124 cm³/mol. The van der Waals surface area contributed by atoms with Crippen molar-refractivity contribution in [3.05, 3.63) is 71.7 Å². The Labute approximate surface area is 192 Å². The molecule has 0 spiro atoms. The summed E-state index contributed by atoms with van der Waals surface area (Å²) in [6, 6.07) is 17.7. The van der Waals surface area contributed by atoms with E-state index >= 15 is 0 Å². The monoisotopic (exact) mass is 448 g/mol. The summed E-state index contributed by atoms with van der Waals surface area (Å²) in [7, 11) is 0. The molecule has 1 aliphatic rings. The normalized spacial score (nSPS) is 17.7. The molecule has 2 N–H and O–H groups in total. The van der Waals surface area contributed by atoms with Crippen LogP contribution >= 0.6 is 0 Å². The second kappa shape index (κ2) is 9.90. The highest BCUT2D eigenvalue weighted by Gasteiger charge is 2.37.